The molecule has 1 N–H and O–H groups in total. The largest absolute Gasteiger partial charge is 0.350 e. The Morgan fingerprint density at radius 1 is 1.24 bits per heavy atom. The highest BCUT2D eigenvalue weighted by atomic mass is 16.7. The van der Waals surface area contributed by atoms with Crippen molar-refractivity contribution in [2.75, 3.05) is 19.8 Å². The second kappa shape index (κ2) is 6.52. The molecule has 1 fully saturated rings. The predicted molar refractivity (Wildman–Crippen MR) is 83.2 cm³/mol. The van der Waals surface area contributed by atoms with Gasteiger partial charge in [-0.05, 0) is 37.2 Å². The summed E-state index contributed by atoms with van der Waals surface area (Å²) in [5.41, 5.74) is 3.35. The van der Waals surface area contributed by atoms with E-state index < -0.39 is 0 Å². The standard InChI is InChI=1S/C17H22N2O2/c1-3-18-16(11-17-20-8-9-21-17)14-6-7-15-13(10-14)5-4-12(2)19-15/h4-7,10,16-18H,3,8-9,11H2,1-2H3. The number of aryl methyl sites for hydroxylation is 1. The summed E-state index contributed by atoms with van der Waals surface area (Å²) in [6, 6.07) is 10.9. The van der Waals surface area contributed by atoms with Gasteiger partial charge in [0.1, 0.15) is 0 Å². The number of hydrogen-bond donors (Lipinski definition) is 1. The van der Waals surface area contributed by atoms with Crippen molar-refractivity contribution in [3.63, 3.8) is 0 Å². The number of benzene rings is 1. The van der Waals surface area contributed by atoms with Crippen LogP contribution in [0.1, 0.15) is 30.6 Å². The number of hydrogen-bond acceptors (Lipinski definition) is 4. The van der Waals surface area contributed by atoms with Gasteiger partial charge in [-0.1, -0.05) is 19.1 Å². The summed E-state index contributed by atoms with van der Waals surface area (Å²) in [6.45, 7) is 6.45. The smallest absolute Gasteiger partial charge is 0.159 e. The molecule has 1 aromatic carbocycles. The molecule has 112 valence electrons. The van der Waals surface area contributed by atoms with E-state index in [2.05, 4.69) is 47.6 Å². The maximum absolute atomic E-state index is 5.58. The van der Waals surface area contributed by atoms with Crippen molar-refractivity contribution < 1.29 is 9.47 Å². The second-order valence-electron chi connectivity index (χ2n) is 5.42. The van der Waals surface area contributed by atoms with Crippen LogP contribution < -0.4 is 5.32 Å². The summed E-state index contributed by atoms with van der Waals surface area (Å²) in [4.78, 5) is 4.56. The Bertz CT molecular complexity index is 609. The summed E-state index contributed by atoms with van der Waals surface area (Å²) < 4.78 is 11.2. The first kappa shape index (κ1) is 14.4. The molecule has 0 bridgehead atoms. The molecule has 21 heavy (non-hydrogen) atoms. The zero-order chi connectivity index (χ0) is 14.7. The van der Waals surface area contributed by atoms with Gasteiger partial charge in [0, 0.05) is 23.5 Å². The van der Waals surface area contributed by atoms with Gasteiger partial charge in [-0.3, -0.25) is 4.98 Å². The third kappa shape index (κ3) is 3.40. The molecule has 1 aliphatic heterocycles. The minimum absolute atomic E-state index is 0.0964. The van der Waals surface area contributed by atoms with Crippen LogP contribution in [0, 0.1) is 6.92 Å². The number of ether oxygens (including phenoxy) is 2. The highest BCUT2D eigenvalue weighted by Crippen LogP contribution is 2.25. The van der Waals surface area contributed by atoms with Crippen LogP contribution in [0.25, 0.3) is 10.9 Å². The molecule has 4 nitrogen and oxygen atoms in total. The number of fused-ring (bicyclic) bond motifs is 1. The van der Waals surface area contributed by atoms with Crippen molar-refractivity contribution in [3.8, 4) is 0 Å². The van der Waals surface area contributed by atoms with Crippen LogP contribution in [0.2, 0.25) is 0 Å². The fourth-order valence-electron chi connectivity index (χ4n) is 2.78. The molecule has 0 amide bonds. The van der Waals surface area contributed by atoms with Crippen LogP contribution in [0.3, 0.4) is 0 Å². The molecule has 1 saturated heterocycles. The van der Waals surface area contributed by atoms with Gasteiger partial charge < -0.3 is 14.8 Å². The highest BCUT2D eigenvalue weighted by molar-refractivity contribution is 5.79. The molecule has 3 rings (SSSR count). The zero-order valence-corrected chi connectivity index (χ0v) is 12.6. The Labute approximate surface area is 125 Å². The van der Waals surface area contributed by atoms with E-state index in [1.165, 1.54) is 10.9 Å². The Kier molecular flexibility index (Phi) is 4.48. The minimum Gasteiger partial charge on any atom is -0.350 e. The van der Waals surface area contributed by atoms with Crippen LogP contribution >= 0.6 is 0 Å². The van der Waals surface area contributed by atoms with Gasteiger partial charge in [-0.25, -0.2) is 0 Å². The maximum atomic E-state index is 5.58. The van der Waals surface area contributed by atoms with Gasteiger partial charge >= 0.3 is 0 Å². The Hall–Kier alpha value is -1.49. The molecule has 0 spiro atoms. The fraction of sp³-hybridized carbons (Fsp3) is 0.471. The molecule has 1 aromatic heterocycles. The molecule has 0 saturated carbocycles. The predicted octanol–water partition coefficient (Wildman–Crippen LogP) is 2.96. The van der Waals surface area contributed by atoms with Gasteiger partial charge in [0.15, 0.2) is 6.29 Å². The lowest BCUT2D eigenvalue weighted by Crippen LogP contribution is -2.25. The summed E-state index contributed by atoms with van der Waals surface area (Å²) >= 11 is 0. The van der Waals surface area contributed by atoms with Crippen LogP contribution in [-0.2, 0) is 9.47 Å². The third-order valence-corrected chi connectivity index (χ3v) is 3.82. The first-order chi connectivity index (χ1) is 10.3. The van der Waals surface area contributed by atoms with Crippen molar-refractivity contribution in [3.05, 3.63) is 41.6 Å². The van der Waals surface area contributed by atoms with E-state index in [0.29, 0.717) is 13.2 Å². The van der Waals surface area contributed by atoms with E-state index in [1.807, 2.05) is 6.92 Å². The zero-order valence-electron chi connectivity index (χ0n) is 12.6. The van der Waals surface area contributed by atoms with E-state index in [-0.39, 0.29) is 12.3 Å². The summed E-state index contributed by atoms with van der Waals surface area (Å²) in [6.07, 6.45) is 0.736. The first-order valence-corrected chi connectivity index (χ1v) is 7.60. The Balaban J connectivity index is 1.85. The van der Waals surface area contributed by atoms with Crippen molar-refractivity contribution in [2.45, 2.75) is 32.6 Å². The minimum atomic E-state index is -0.0964. The van der Waals surface area contributed by atoms with E-state index in [0.717, 1.165) is 24.2 Å². The fourth-order valence-corrected chi connectivity index (χ4v) is 2.78. The van der Waals surface area contributed by atoms with Crippen molar-refractivity contribution in [1.29, 1.82) is 0 Å². The topological polar surface area (TPSA) is 43.4 Å². The molecular weight excluding hydrogens is 264 g/mol. The number of pyridine rings is 1. The molecular formula is C17H22N2O2. The number of nitrogens with one attached hydrogen (secondary N) is 1. The van der Waals surface area contributed by atoms with Crippen LogP contribution in [0.4, 0.5) is 0 Å². The lowest BCUT2D eigenvalue weighted by Gasteiger charge is -2.21. The molecule has 0 radical (unpaired) electrons. The average Bonchev–Trinajstić information content (AvgIpc) is 2.99. The van der Waals surface area contributed by atoms with E-state index >= 15 is 0 Å². The van der Waals surface area contributed by atoms with Crippen LogP contribution in [-0.4, -0.2) is 31.0 Å². The summed E-state index contributed by atoms with van der Waals surface area (Å²) in [5.74, 6) is 0. The van der Waals surface area contributed by atoms with Gasteiger partial charge in [-0.15, -0.1) is 0 Å². The lowest BCUT2D eigenvalue weighted by molar-refractivity contribution is -0.0529. The van der Waals surface area contributed by atoms with Gasteiger partial charge in [0.2, 0.25) is 0 Å². The van der Waals surface area contributed by atoms with Crippen molar-refractivity contribution in [2.24, 2.45) is 0 Å². The van der Waals surface area contributed by atoms with Crippen LogP contribution in [0.15, 0.2) is 30.3 Å². The summed E-state index contributed by atoms with van der Waals surface area (Å²) in [5, 5.41) is 4.70. The Morgan fingerprint density at radius 2 is 2.05 bits per heavy atom. The quantitative estimate of drug-likeness (QED) is 0.917. The second-order valence-corrected chi connectivity index (χ2v) is 5.42. The average molecular weight is 286 g/mol. The molecule has 2 aromatic rings. The van der Waals surface area contributed by atoms with Crippen molar-refractivity contribution >= 4 is 10.9 Å². The first-order valence-electron chi connectivity index (χ1n) is 7.60. The molecule has 2 heterocycles. The van der Waals surface area contributed by atoms with Crippen LogP contribution in [0.5, 0.6) is 0 Å². The van der Waals surface area contributed by atoms with Gasteiger partial charge in [0.25, 0.3) is 0 Å². The molecule has 0 aliphatic carbocycles. The van der Waals surface area contributed by atoms with Gasteiger partial charge in [0.05, 0.1) is 18.7 Å². The number of rotatable bonds is 5. The van der Waals surface area contributed by atoms with Crippen molar-refractivity contribution in [1.82, 2.24) is 10.3 Å². The van der Waals surface area contributed by atoms with Gasteiger partial charge in [-0.2, -0.15) is 0 Å². The summed E-state index contributed by atoms with van der Waals surface area (Å²) in [7, 11) is 0. The molecule has 1 unspecified atom stereocenters. The molecule has 1 atom stereocenters. The highest BCUT2D eigenvalue weighted by Gasteiger charge is 2.22. The van der Waals surface area contributed by atoms with E-state index in [4.69, 9.17) is 9.47 Å². The van der Waals surface area contributed by atoms with E-state index in [9.17, 15) is 0 Å². The maximum Gasteiger partial charge on any atom is 0.159 e. The normalized spacial score (nSPS) is 17.4. The Morgan fingerprint density at radius 3 is 2.81 bits per heavy atom. The number of nitrogens with zero attached hydrogens (tertiary/aromatic N) is 1. The SMILES string of the molecule is CCNC(CC1OCCO1)c1ccc2nc(C)ccc2c1. The monoisotopic (exact) mass is 286 g/mol. The number of aromatic nitrogens is 1. The molecule has 4 heteroatoms. The van der Waals surface area contributed by atoms with E-state index in [1.54, 1.807) is 0 Å². The molecule has 1 aliphatic rings. The third-order valence-electron chi connectivity index (χ3n) is 3.82. The lowest BCUT2D eigenvalue weighted by atomic mass is 10.0.